The highest BCUT2D eigenvalue weighted by Gasteiger charge is 2.42. The van der Waals surface area contributed by atoms with Crippen molar-refractivity contribution in [3.8, 4) is 22.3 Å². The summed E-state index contributed by atoms with van der Waals surface area (Å²) in [5.74, 6) is -0.788. The van der Waals surface area contributed by atoms with E-state index in [4.69, 9.17) is 10.8 Å². The third kappa shape index (κ3) is 3.85. The van der Waals surface area contributed by atoms with Crippen molar-refractivity contribution < 1.29 is 9.18 Å². The van der Waals surface area contributed by atoms with Crippen molar-refractivity contribution in [2.24, 2.45) is 5.73 Å². The Hall–Kier alpha value is -4.48. The Morgan fingerprint density at radius 2 is 1.81 bits per heavy atom. The van der Waals surface area contributed by atoms with Crippen LogP contribution in [0.3, 0.4) is 0 Å². The van der Waals surface area contributed by atoms with Crippen LogP contribution in [0.5, 0.6) is 0 Å². The number of benzene rings is 2. The van der Waals surface area contributed by atoms with Gasteiger partial charge >= 0.3 is 0 Å². The third-order valence-electron chi connectivity index (χ3n) is 6.83. The number of nitriles is 1. The SMILES string of the molecule is N#CC1=C(N)N(c2ccc(F)cc2)C2=C(C(=O)CCC2)C1c1cn(-c2ccccc2)nc1-c1cccs1. The minimum atomic E-state index is -0.654. The van der Waals surface area contributed by atoms with Crippen LogP contribution in [0.15, 0.2) is 101 Å². The Balaban J connectivity index is 1.60. The Morgan fingerprint density at radius 3 is 2.51 bits per heavy atom. The number of carbonyl (C=O) groups is 1. The van der Waals surface area contributed by atoms with Crippen molar-refractivity contribution in [3.05, 3.63) is 112 Å². The zero-order chi connectivity index (χ0) is 25.5. The second-order valence-corrected chi connectivity index (χ2v) is 9.93. The molecule has 0 spiro atoms. The number of halogens is 1. The van der Waals surface area contributed by atoms with E-state index in [-0.39, 0.29) is 23.0 Å². The summed E-state index contributed by atoms with van der Waals surface area (Å²) in [6, 6.07) is 21.9. The van der Waals surface area contributed by atoms with Crippen LogP contribution in [0.2, 0.25) is 0 Å². The van der Waals surface area contributed by atoms with Crippen molar-refractivity contribution >= 4 is 22.8 Å². The smallest absolute Gasteiger partial charge is 0.161 e. The van der Waals surface area contributed by atoms with Gasteiger partial charge in [-0.05, 0) is 60.7 Å². The first-order valence-corrected chi connectivity index (χ1v) is 12.9. The van der Waals surface area contributed by atoms with Gasteiger partial charge in [-0.2, -0.15) is 10.4 Å². The number of nitrogens with two attached hydrogens (primary N) is 1. The molecule has 1 aliphatic carbocycles. The van der Waals surface area contributed by atoms with Gasteiger partial charge in [0.05, 0.1) is 28.1 Å². The summed E-state index contributed by atoms with van der Waals surface area (Å²) >= 11 is 1.55. The average molecular weight is 508 g/mol. The van der Waals surface area contributed by atoms with Crippen molar-refractivity contribution in [2.75, 3.05) is 4.90 Å². The number of aromatic nitrogens is 2. The summed E-state index contributed by atoms with van der Waals surface area (Å²) in [5.41, 5.74) is 11.2. The molecule has 2 aromatic carbocycles. The maximum Gasteiger partial charge on any atom is 0.161 e. The molecule has 182 valence electrons. The van der Waals surface area contributed by atoms with Crippen LogP contribution in [0.25, 0.3) is 16.3 Å². The number of hydrogen-bond acceptors (Lipinski definition) is 6. The Kier molecular flexibility index (Phi) is 5.70. The maximum atomic E-state index is 13.7. The van der Waals surface area contributed by atoms with E-state index < -0.39 is 5.92 Å². The molecule has 0 bridgehead atoms. The van der Waals surface area contributed by atoms with Gasteiger partial charge in [0.25, 0.3) is 0 Å². The van der Waals surface area contributed by atoms with E-state index in [0.29, 0.717) is 36.2 Å². The number of rotatable bonds is 4. The van der Waals surface area contributed by atoms with Gasteiger partial charge in [0.15, 0.2) is 5.78 Å². The van der Waals surface area contributed by atoms with E-state index in [1.54, 1.807) is 33.1 Å². The first-order valence-electron chi connectivity index (χ1n) is 12.0. The Bertz CT molecular complexity index is 1590. The summed E-state index contributed by atoms with van der Waals surface area (Å²) in [6.45, 7) is 0. The topological polar surface area (TPSA) is 87.9 Å². The summed E-state index contributed by atoms with van der Waals surface area (Å²) in [7, 11) is 0. The maximum absolute atomic E-state index is 13.7. The molecule has 1 atom stereocenters. The van der Waals surface area contributed by atoms with Crippen LogP contribution in [-0.2, 0) is 4.79 Å². The van der Waals surface area contributed by atoms with Crippen molar-refractivity contribution in [2.45, 2.75) is 25.2 Å². The van der Waals surface area contributed by atoms with Gasteiger partial charge in [-0.1, -0.05) is 24.3 Å². The highest BCUT2D eigenvalue weighted by atomic mass is 32.1. The first kappa shape index (κ1) is 23.0. The molecule has 2 aromatic heterocycles. The van der Waals surface area contributed by atoms with Gasteiger partial charge in [-0.25, -0.2) is 9.07 Å². The molecule has 1 aliphatic heterocycles. The Morgan fingerprint density at radius 1 is 1.03 bits per heavy atom. The lowest BCUT2D eigenvalue weighted by Crippen LogP contribution is -2.38. The third-order valence-corrected chi connectivity index (χ3v) is 7.70. The molecular weight excluding hydrogens is 485 g/mol. The fourth-order valence-corrected chi connectivity index (χ4v) is 5.93. The zero-order valence-corrected chi connectivity index (χ0v) is 20.6. The summed E-state index contributed by atoms with van der Waals surface area (Å²) in [5, 5.41) is 17.3. The molecule has 3 heterocycles. The predicted octanol–water partition coefficient (Wildman–Crippen LogP) is 6.04. The molecule has 4 aromatic rings. The summed E-state index contributed by atoms with van der Waals surface area (Å²) in [6.07, 6.45) is 3.60. The van der Waals surface area contributed by atoms with Crippen molar-refractivity contribution in [1.29, 1.82) is 5.26 Å². The average Bonchev–Trinajstić information content (AvgIpc) is 3.60. The van der Waals surface area contributed by atoms with Gasteiger partial charge in [-0.3, -0.25) is 9.69 Å². The van der Waals surface area contributed by atoms with Gasteiger partial charge in [0.2, 0.25) is 0 Å². The molecule has 8 heteroatoms. The number of carbonyl (C=O) groups excluding carboxylic acids is 1. The van der Waals surface area contributed by atoms with E-state index in [2.05, 4.69) is 6.07 Å². The number of ketones is 1. The molecule has 2 aliphatic rings. The molecule has 0 radical (unpaired) electrons. The monoisotopic (exact) mass is 507 g/mol. The van der Waals surface area contributed by atoms with Crippen LogP contribution in [0, 0.1) is 17.1 Å². The van der Waals surface area contributed by atoms with E-state index >= 15 is 0 Å². The molecule has 6 nitrogen and oxygen atoms in total. The number of anilines is 1. The summed E-state index contributed by atoms with van der Waals surface area (Å²) < 4.78 is 15.5. The zero-order valence-electron chi connectivity index (χ0n) is 19.8. The molecular formula is C29H22FN5OS. The van der Waals surface area contributed by atoms with E-state index in [0.717, 1.165) is 21.8 Å². The number of allylic oxidation sites excluding steroid dienone is 3. The standard InChI is InChI=1S/C29H22FN5OS/c30-18-11-13-20(14-12-18)35-23-8-4-9-24(36)27(23)26(21(16-31)29(35)32)22-17-34(19-6-2-1-3-7-19)33-28(22)25-10-5-15-37-25/h1-3,5-7,10-15,17,26H,4,8-9,32H2. The van der Waals surface area contributed by atoms with Gasteiger partial charge in [0.1, 0.15) is 17.3 Å². The highest BCUT2D eigenvalue weighted by molar-refractivity contribution is 7.13. The molecule has 6 rings (SSSR count). The van der Waals surface area contributed by atoms with E-state index in [9.17, 15) is 14.4 Å². The van der Waals surface area contributed by atoms with Crippen LogP contribution in [0.4, 0.5) is 10.1 Å². The van der Waals surface area contributed by atoms with Crippen molar-refractivity contribution in [1.82, 2.24) is 9.78 Å². The molecule has 0 saturated heterocycles. The second kappa shape index (κ2) is 9.19. The number of Topliss-reactive ketones (excluding diaryl/α,β-unsaturated/α-hetero) is 1. The summed E-state index contributed by atoms with van der Waals surface area (Å²) in [4.78, 5) is 16.2. The number of nitrogens with zero attached hydrogens (tertiary/aromatic N) is 4. The van der Waals surface area contributed by atoms with Gasteiger partial charge in [-0.15, -0.1) is 11.3 Å². The molecule has 0 amide bonds. The Labute approximate surface area is 217 Å². The molecule has 2 N–H and O–H groups in total. The largest absolute Gasteiger partial charge is 0.384 e. The van der Waals surface area contributed by atoms with Crippen LogP contribution >= 0.6 is 11.3 Å². The quantitative estimate of drug-likeness (QED) is 0.364. The normalized spacial score (nSPS) is 17.7. The number of thiophene rings is 1. The minimum Gasteiger partial charge on any atom is -0.384 e. The second-order valence-electron chi connectivity index (χ2n) is 8.98. The van der Waals surface area contributed by atoms with Crippen molar-refractivity contribution in [3.63, 3.8) is 0 Å². The van der Waals surface area contributed by atoms with Crippen LogP contribution in [-0.4, -0.2) is 15.6 Å². The molecule has 37 heavy (non-hydrogen) atoms. The molecule has 1 unspecified atom stereocenters. The van der Waals surface area contributed by atoms with E-state index in [1.807, 2.05) is 54.0 Å². The van der Waals surface area contributed by atoms with Crippen LogP contribution < -0.4 is 10.6 Å². The molecule has 0 fully saturated rings. The lowest BCUT2D eigenvalue weighted by molar-refractivity contribution is -0.116. The lowest BCUT2D eigenvalue weighted by Gasteiger charge is -2.39. The van der Waals surface area contributed by atoms with E-state index in [1.165, 1.54) is 12.1 Å². The number of hydrogen-bond donors (Lipinski definition) is 1. The fourth-order valence-electron chi connectivity index (χ4n) is 5.20. The molecule has 0 saturated carbocycles. The van der Waals surface area contributed by atoms with Crippen LogP contribution in [0.1, 0.15) is 30.7 Å². The highest BCUT2D eigenvalue weighted by Crippen LogP contribution is 2.48. The first-order chi connectivity index (χ1) is 18.1. The lowest BCUT2D eigenvalue weighted by atomic mass is 9.75. The minimum absolute atomic E-state index is 0.0109. The van der Waals surface area contributed by atoms with Gasteiger partial charge < -0.3 is 5.73 Å². The van der Waals surface area contributed by atoms with Gasteiger partial charge in [0, 0.05) is 35.1 Å². The number of para-hydroxylation sites is 1. The predicted molar refractivity (Wildman–Crippen MR) is 141 cm³/mol. The fraction of sp³-hybridized carbons (Fsp3) is 0.138.